The lowest BCUT2D eigenvalue weighted by molar-refractivity contribution is -0.184. The molecule has 1 aromatic rings. The lowest BCUT2D eigenvalue weighted by Crippen LogP contribution is -2.46. The standard InChI is InChI=1S/C12H14O2S/c13-12(7-14-8-12)10-3-4-11-9(6-10)2-1-5-15-11/h3-4,6,13H,1-2,5,7-8H2. The van der Waals surface area contributed by atoms with Gasteiger partial charge in [-0.1, -0.05) is 12.1 Å². The van der Waals surface area contributed by atoms with E-state index in [1.54, 1.807) is 0 Å². The third-order valence-electron chi connectivity index (χ3n) is 3.13. The summed E-state index contributed by atoms with van der Waals surface area (Å²) in [6.07, 6.45) is 2.39. The summed E-state index contributed by atoms with van der Waals surface area (Å²) in [6, 6.07) is 6.34. The van der Waals surface area contributed by atoms with E-state index in [4.69, 9.17) is 4.74 Å². The molecule has 2 aliphatic heterocycles. The highest BCUT2D eigenvalue weighted by atomic mass is 32.2. The molecule has 2 nitrogen and oxygen atoms in total. The topological polar surface area (TPSA) is 29.5 Å². The summed E-state index contributed by atoms with van der Waals surface area (Å²) in [5.41, 5.74) is 1.70. The molecule has 2 heterocycles. The molecule has 1 saturated heterocycles. The number of aryl methyl sites for hydroxylation is 1. The number of hydrogen-bond acceptors (Lipinski definition) is 3. The van der Waals surface area contributed by atoms with Gasteiger partial charge in [0.05, 0.1) is 13.2 Å². The van der Waals surface area contributed by atoms with Crippen molar-refractivity contribution in [1.82, 2.24) is 0 Å². The summed E-state index contributed by atoms with van der Waals surface area (Å²) in [5.74, 6) is 1.22. The summed E-state index contributed by atoms with van der Waals surface area (Å²) in [7, 11) is 0. The summed E-state index contributed by atoms with van der Waals surface area (Å²) < 4.78 is 5.08. The van der Waals surface area contributed by atoms with E-state index in [2.05, 4.69) is 12.1 Å². The zero-order valence-electron chi connectivity index (χ0n) is 8.53. The zero-order chi connectivity index (χ0) is 10.3. The quantitative estimate of drug-likeness (QED) is 0.787. The van der Waals surface area contributed by atoms with Gasteiger partial charge < -0.3 is 9.84 Å². The van der Waals surface area contributed by atoms with E-state index < -0.39 is 5.60 Å². The number of thioether (sulfide) groups is 1. The number of rotatable bonds is 1. The predicted molar refractivity (Wildman–Crippen MR) is 60.2 cm³/mol. The smallest absolute Gasteiger partial charge is 0.136 e. The van der Waals surface area contributed by atoms with E-state index in [9.17, 15) is 5.11 Å². The lowest BCUT2D eigenvalue weighted by Gasteiger charge is -2.37. The molecule has 80 valence electrons. The van der Waals surface area contributed by atoms with Crippen molar-refractivity contribution in [2.24, 2.45) is 0 Å². The van der Waals surface area contributed by atoms with Crippen LogP contribution < -0.4 is 0 Å². The van der Waals surface area contributed by atoms with Crippen molar-refractivity contribution >= 4 is 11.8 Å². The van der Waals surface area contributed by atoms with Gasteiger partial charge in [0.15, 0.2) is 0 Å². The van der Waals surface area contributed by atoms with Crippen LogP contribution >= 0.6 is 11.8 Å². The van der Waals surface area contributed by atoms with Gasteiger partial charge in [0, 0.05) is 4.90 Å². The van der Waals surface area contributed by atoms with Gasteiger partial charge >= 0.3 is 0 Å². The Morgan fingerprint density at radius 1 is 1.33 bits per heavy atom. The molecule has 0 bridgehead atoms. The maximum atomic E-state index is 10.2. The van der Waals surface area contributed by atoms with Crippen molar-refractivity contribution in [2.75, 3.05) is 19.0 Å². The molecule has 3 rings (SSSR count). The Kier molecular flexibility index (Phi) is 2.27. The fraction of sp³-hybridized carbons (Fsp3) is 0.500. The summed E-state index contributed by atoms with van der Waals surface area (Å²) in [5, 5.41) is 10.2. The van der Waals surface area contributed by atoms with Gasteiger partial charge in [-0.05, 0) is 35.8 Å². The third kappa shape index (κ3) is 1.59. The Bertz CT molecular complexity index is 385. The highest BCUT2D eigenvalue weighted by molar-refractivity contribution is 7.99. The van der Waals surface area contributed by atoms with Crippen molar-refractivity contribution < 1.29 is 9.84 Å². The molecule has 0 aromatic heterocycles. The molecule has 0 unspecified atom stereocenters. The largest absolute Gasteiger partial charge is 0.380 e. The van der Waals surface area contributed by atoms with Crippen molar-refractivity contribution in [3.63, 3.8) is 0 Å². The third-order valence-corrected chi connectivity index (χ3v) is 4.33. The molecule has 15 heavy (non-hydrogen) atoms. The van der Waals surface area contributed by atoms with Crippen LogP contribution in [0.15, 0.2) is 23.1 Å². The van der Waals surface area contributed by atoms with Crippen LogP contribution in [0.3, 0.4) is 0 Å². The second kappa shape index (κ2) is 3.51. The van der Waals surface area contributed by atoms with Gasteiger partial charge in [-0.25, -0.2) is 0 Å². The first-order valence-corrected chi connectivity index (χ1v) is 6.33. The van der Waals surface area contributed by atoms with E-state index in [-0.39, 0.29) is 0 Å². The number of benzene rings is 1. The molecule has 0 spiro atoms. The molecule has 1 N–H and O–H groups in total. The van der Waals surface area contributed by atoms with E-state index in [1.807, 2.05) is 17.8 Å². The Morgan fingerprint density at radius 3 is 2.93 bits per heavy atom. The van der Waals surface area contributed by atoms with Crippen LogP contribution in [0, 0.1) is 0 Å². The second-order valence-electron chi connectivity index (χ2n) is 4.30. The molecule has 2 aliphatic rings. The number of hydrogen-bond donors (Lipinski definition) is 1. The van der Waals surface area contributed by atoms with Gasteiger partial charge in [-0.15, -0.1) is 11.8 Å². The molecule has 1 fully saturated rings. The zero-order valence-corrected chi connectivity index (χ0v) is 9.35. The van der Waals surface area contributed by atoms with Crippen LogP contribution in [0.5, 0.6) is 0 Å². The maximum Gasteiger partial charge on any atom is 0.136 e. The van der Waals surface area contributed by atoms with Crippen LogP contribution in [0.4, 0.5) is 0 Å². The summed E-state index contributed by atoms with van der Waals surface area (Å²) in [6.45, 7) is 0.887. The van der Waals surface area contributed by atoms with Crippen molar-refractivity contribution in [1.29, 1.82) is 0 Å². The molecule has 0 aliphatic carbocycles. The highest BCUT2D eigenvalue weighted by Crippen LogP contribution is 2.35. The predicted octanol–water partition coefficient (Wildman–Crippen LogP) is 1.94. The second-order valence-corrected chi connectivity index (χ2v) is 5.44. The van der Waals surface area contributed by atoms with Gasteiger partial charge in [-0.2, -0.15) is 0 Å². The molecule has 0 atom stereocenters. The Balaban J connectivity index is 1.97. The molecule has 3 heteroatoms. The van der Waals surface area contributed by atoms with Crippen LogP contribution in [-0.4, -0.2) is 24.1 Å². The summed E-state index contributed by atoms with van der Waals surface area (Å²) >= 11 is 1.92. The first-order chi connectivity index (χ1) is 7.28. The Hall–Kier alpha value is -0.510. The fourth-order valence-corrected chi connectivity index (χ4v) is 3.13. The van der Waals surface area contributed by atoms with Crippen LogP contribution in [0.1, 0.15) is 17.5 Å². The first-order valence-electron chi connectivity index (χ1n) is 5.34. The van der Waals surface area contributed by atoms with Crippen molar-refractivity contribution in [3.8, 4) is 0 Å². The highest BCUT2D eigenvalue weighted by Gasteiger charge is 2.38. The minimum absolute atomic E-state index is 0.443. The van der Waals surface area contributed by atoms with E-state index >= 15 is 0 Å². The molecule has 0 amide bonds. The summed E-state index contributed by atoms with van der Waals surface area (Å²) in [4.78, 5) is 1.38. The number of ether oxygens (including phenoxy) is 1. The number of aliphatic hydroxyl groups is 1. The average molecular weight is 222 g/mol. The minimum atomic E-state index is -0.711. The van der Waals surface area contributed by atoms with Crippen molar-refractivity contribution in [2.45, 2.75) is 23.3 Å². The minimum Gasteiger partial charge on any atom is -0.380 e. The van der Waals surface area contributed by atoms with Crippen LogP contribution in [0.2, 0.25) is 0 Å². The average Bonchev–Trinajstić information content (AvgIpc) is 2.25. The maximum absolute atomic E-state index is 10.2. The van der Waals surface area contributed by atoms with Gasteiger partial charge in [0.1, 0.15) is 5.60 Å². The molecule has 0 saturated carbocycles. The Labute approximate surface area is 93.6 Å². The van der Waals surface area contributed by atoms with Crippen LogP contribution in [0.25, 0.3) is 0 Å². The van der Waals surface area contributed by atoms with Gasteiger partial charge in [0.2, 0.25) is 0 Å². The molecule has 1 aromatic carbocycles. The lowest BCUT2D eigenvalue weighted by atomic mass is 9.90. The van der Waals surface area contributed by atoms with E-state index in [1.165, 1.54) is 22.6 Å². The molecule has 0 radical (unpaired) electrons. The molecular formula is C12H14O2S. The van der Waals surface area contributed by atoms with E-state index in [0.717, 1.165) is 12.0 Å². The monoisotopic (exact) mass is 222 g/mol. The van der Waals surface area contributed by atoms with Gasteiger partial charge in [-0.3, -0.25) is 0 Å². The van der Waals surface area contributed by atoms with Crippen LogP contribution in [-0.2, 0) is 16.8 Å². The van der Waals surface area contributed by atoms with Crippen molar-refractivity contribution in [3.05, 3.63) is 29.3 Å². The first kappa shape index (κ1) is 9.70. The normalized spacial score (nSPS) is 23.0. The molecular weight excluding hydrogens is 208 g/mol. The number of fused-ring (bicyclic) bond motifs is 1. The fourth-order valence-electron chi connectivity index (χ4n) is 2.11. The van der Waals surface area contributed by atoms with Gasteiger partial charge in [0.25, 0.3) is 0 Å². The Morgan fingerprint density at radius 2 is 2.20 bits per heavy atom. The SMILES string of the molecule is OC1(c2ccc3c(c2)CCCS3)COC1. The van der Waals surface area contributed by atoms with E-state index in [0.29, 0.717) is 13.2 Å².